The Morgan fingerprint density at radius 3 is 1.71 bits per heavy atom. The van der Waals surface area contributed by atoms with Gasteiger partial charge in [0, 0.05) is 13.1 Å². The first-order valence-corrected chi connectivity index (χ1v) is 6.20. The van der Waals surface area contributed by atoms with Gasteiger partial charge in [0.15, 0.2) is 23.3 Å². The van der Waals surface area contributed by atoms with E-state index in [1.54, 1.807) is 13.8 Å². The van der Waals surface area contributed by atoms with Gasteiger partial charge in [0.25, 0.3) is 5.91 Å². The molecule has 21 heavy (non-hydrogen) atoms. The number of rotatable bonds is 1. The van der Waals surface area contributed by atoms with Crippen LogP contribution in [0.4, 0.5) is 22.0 Å². The van der Waals surface area contributed by atoms with Crippen LogP contribution in [0.3, 0.4) is 0 Å². The van der Waals surface area contributed by atoms with Gasteiger partial charge in [0.2, 0.25) is 5.82 Å². The molecule has 0 spiro atoms. The highest BCUT2D eigenvalue weighted by Crippen LogP contribution is 2.25. The summed E-state index contributed by atoms with van der Waals surface area (Å²) in [6, 6.07) is 0. The lowest BCUT2D eigenvalue weighted by Crippen LogP contribution is -2.48. The minimum Gasteiger partial charge on any atom is -0.372 e. The van der Waals surface area contributed by atoms with Gasteiger partial charge in [-0.25, -0.2) is 22.0 Å². The quantitative estimate of drug-likeness (QED) is 0.453. The minimum atomic E-state index is -2.29. The van der Waals surface area contributed by atoms with Crippen LogP contribution in [0.15, 0.2) is 0 Å². The van der Waals surface area contributed by atoms with E-state index in [9.17, 15) is 26.7 Å². The molecule has 3 nitrogen and oxygen atoms in total. The molecular formula is C13H12F5NO2. The number of morpholine rings is 1. The van der Waals surface area contributed by atoms with Crippen LogP contribution in [0.5, 0.6) is 0 Å². The first-order chi connectivity index (χ1) is 9.73. The lowest BCUT2D eigenvalue weighted by molar-refractivity contribution is -0.0588. The van der Waals surface area contributed by atoms with E-state index in [-0.39, 0.29) is 13.1 Å². The van der Waals surface area contributed by atoms with Gasteiger partial charge in [0.1, 0.15) is 5.56 Å². The number of benzene rings is 1. The number of carbonyl (C=O) groups excluding carboxylic acids is 1. The van der Waals surface area contributed by atoms with Crippen molar-refractivity contribution in [3.63, 3.8) is 0 Å². The molecule has 0 saturated carbocycles. The van der Waals surface area contributed by atoms with Gasteiger partial charge in [-0.3, -0.25) is 4.79 Å². The van der Waals surface area contributed by atoms with Crippen LogP contribution in [0.25, 0.3) is 0 Å². The van der Waals surface area contributed by atoms with Crippen LogP contribution in [0, 0.1) is 29.1 Å². The fourth-order valence-electron chi connectivity index (χ4n) is 2.29. The molecule has 0 aliphatic carbocycles. The lowest BCUT2D eigenvalue weighted by Gasteiger charge is -2.35. The van der Waals surface area contributed by atoms with E-state index in [4.69, 9.17) is 4.74 Å². The fraction of sp³-hybridized carbons (Fsp3) is 0.462. The standard InChI is InChI=1S/C13H12F5NO2/c1-5-3-19(4-6(2)21-5)13(20)7-8(14)10(16)12(18)11(17)9(7)15/h5-6H,3-4H2,1-2H3/t5-,6-/m1/s1. The minimum absolute atomic E-state index is 0.00265. The van der Waals surface area contributed by atoms with Gasteiger partial charge in [-0.2, -0.15) is 0 Å². The molecule has 116 valence electrons. The number of hydrogen-bond donors (Lipinski definition) is 0. The number of carbonyl (C=O) groups is 1. The summed E-state index contributed by atoms with van der Waals surface area (Å²) in [6.45, 7) is 3.27. The van der Waals surface area contributed by atoms with Gasteiger partial charge >= 0.3 is 0 Å². The predicted molar refractivity (Wildman–Crippen MR) is 62.1 cm³/mol. The van der Waals surface area contributed by atoms with Crippen molar-refractivity contribution in [1.82, 2.24) is 4.90 Å². The smallest absolute Gasteiger partial charge is 0.260 e. The van der Waals surface area contributed by atoms with Crippen molar-refractivity contribution < 1.29 is 31.5 Å². The monoisotopic (exact) mass is 309 g/mol. The third kappa shape index (κ3) is 2.72. The molecule has 2 rings (SSSR count). The number of amides is 1. The van der Waals surface area contributed by atoms with Gasteiger partial charge in [-0.15, -0.1) is 0 Å². The summed E-state index contributed by atoms with van der Waals surface area (Å²) >= 11 is 0. The largest absolute Gasteiger partial charge is 0.372 e. The van der Waals surface area contributed by atoms with E-state index in [1.807, 2.05) is 0 Å². The number of ether oxygens (including phenoxy) is 1. The Labute approximate surface area is 117 Å². The zero-order chi connectivity index (χ0) is 15.9. The van der Waals surface area contributed by atoms with Crippen molar-refractivity contribution in [2.75, 3.05) is 13.1 Å². The Kier molecular flexibility index (Phi) is 4.18. The zero-order valence-corrected chi connectivity index (χ0v) is 11.2. The predicted octanol–water partition coefficient (Wildman–Crippen LogP) is 2.63. The maximum Gasteiger partial charge on any atom is 0.260 e. The molecule has 0 N–H and O–H groups in total. The summed E-state index contributed by atoms with van der Waals surface area (Å²) in [4.78, 5) is 13.1. The molecule has 8 heteroatoms. The molecule has 1 fully saturated rings. The summed E-state index contributed by atoms with van der Waals surface area (Å²) in [7, 11) is 0. The topological polar surface area (TPSA) is 29.5 Å². The van der Waals surface area contributed by atoms with Gasteiger partial charge in [-0.1, -0.05) is 0 Å². The van der Waals surface area contributed by atoms with Crippen molar-refractivity contribution in [2.24, 2.45) is 0 Å². The van der Waals surface area contributed by atoms with Crippen LogP contribution >= 0.6 is 0 Å². The molecule has 1 aliphatic heterocycles. The number of nitrogens with zero attached hydrogens (tertiary/aromatic N) is 1. The number of halogens is 5. The van der Waals surface area contributed by atoms with Gasteiger partial charge < -0.3 is 9.64 Å². The second-order valence-corrected chi connectivity index (χ2v) is 4.91. The molecule has 2 atom stereocenters. The summed E-state index contributed by atoms with van der Waals surface area (Å²) in [5.41, 5.74) is -1.44. The second-order valence-electron chi connectivity index (χ2n) is 4.91. The maximum atomic E-state index is 13.6. The first kappa shape index (κ1) is 15.7. The SMILES string of the molecule is C[C@@H]1CN(C(=O)c2c(F)c(F)c(F)c(F)c2F)C[C@@H](C)O1. The van der Waals surface area contributed by atoms with Crippen LogP contribution < -0.4 is 0 Å². The molecule has 1 aromatic rings. The van der Waals surface area contributed by atoms with Crippen LogP contribution in [-0.4, -0.2) is 36.1 Å². The highest BCUT2D eigenvalue weighted by Gasteiger charge is 2.34. The van der Waals surface area contributed by atoms with E-state index < -0.39 is 52.8 Å². The fourth-order valence-corrected chi connectivity index (χ4v) is 2.29. The Bertz CT molecular complexity index is 553. The Balaban J connectivity index is 2.44. The molecule has 0 unspecified atom stereocenters. The van der Waals surface area contributed by atoms with E-state index in [0.717, 1.165) is 4.90 Å². The summed E-state index contributed by atoms with van der Waals surface area (Å²) in [5, 5.41) is 0. The summed E-state index contributed by atoms with van der Waals surface area (Å²) in [5.74, 6) is -12.0. The highest BCUT2D eigenvalue weighted by atomic mass is 19.2. The average molecular weight is 309 g/mol. The Morgan fingerprint density at radius 1 is 0.905 bits per heavy atom. The molecule has 1 amide bonds. The third-order valence-corrected chi connectivity index (χ3v) is 3.13. The zero-order valence-electron chi connectivity index (χ0n) is 11.2. The Hall–Kier alpha value is -1.70. The molecule has 0 bridgehead atoms. The van der Waals surface area contributed by atoms with Gasteiger partial charge in [0.05, 0.1) is 12.2 Å². The first-order valence-electron chi connectivity index (χ1n) is 6.20. The molecule has 0 aromatic heterocycles. The van der Waals surface area contributed by atoms with Crippen molar-refractivity contribution in [2.45, 2.75) is 26.1 Å². The van der Waals surface area contributed by atoms with E-state index >= 15 is 0 Å². The van der Waals surface area contributed by atoms with Gasteiger partial charge in [-0.05, 0) is 13.8 Å². The van der Waals surface area contributed by atoms with E-state index in [1.165, 1.54) is 0 Å². The normalized spacial score (nSPS) is 22.5. The molecule has 1 aliphatic rings. The van der Waals surface area contributed by atoms with Crippen LogP contribution in [-0.2, 0) is 4.74 Å². The van der Waals surface area contributed by atoms with Crippen molar-refractivity contribution in [3.8, 4) is 0 Å². The highest BCUT2D eigenvalue weighted by molar-refractivity contribution is 5.95. The third-order valence-electron chi connectivity index (χ3n) is 3.13. The molecular weight excluding hydrogens is 297 g/mol. The van der Waals surface area contributed by atoms with Crippen LogP contribution in [0.2, 0.25) is 0 Å². The van der Waals surface area contributed by atoms with Crippen molar-refractivity contribution in [3.05, 3.63) is 34.6 Å². The second kappa shape index (κ2) is 5.59. The molecule has 1 saturated heterocycles. The Morgan fingerprint density at radius 2 is 1.29 bits per heavy atom. The van der Waals surface area contributed by atoms with Crippen molar-refractivity contribution in [1.29, 1.82) is 0 Å². The summed E-state index contributed by atoms with van der Waals surface area (Å²) < 4.78 is 71.8. The van der Waals surface area contributed by atoms with E-state index in [0.29, 0.717) is 0 Å². The lowest BCUT2D eigenvalue weighted by atomic mass is 10.1. The van der Waals surface area contributed by atoms with E-state index in [2.05, 4.69) is 0 Å². The van der Waals surface area contributed by atoms with Crippen molar-refractivity contribution >= 4 is 5.91 Å². The maximum absolute atomic E-state index is 13.6. The number of hydrogen-bond acceptors (Lipinski definition) is 2. The summed E-state index contributed by atoms with van der Waals surface area (Å²) in [6.07, 6.45) is -0.807. The molecule has 1 heterocycles. The molecule has 1 aromatic carbocycles. The molecule has 0 radical (unpaired) electrons. The van der Waals surface area contributed by atoms with Crippen LogP contribution in [0.1, 0.15) is 24.2 Å². The average Bonchev–Trinajstić information content (AvgIpc) is 2.42.